The number of carbonyl (C=O) groups is 1. The maximum atomic E-state index is 11.3. The smallest absolute Gasteiger partial charge is 0.153 e. The van der Waals surface area contributed by atoms with E-state index in [0.29, 0.717) is 24.1 Å². The Morgan fingerprint density at radius 1 is 1.38 bits per heavy atom. The first-order valence-corrected chi connectivity index (χ1v) is 7.50. The molecule has 4 nitrogen and oxygen atoms in total. The van der Waals surface area contributed by atoms with E-state index in [1.54, 1.807) is 0 Å². The largest absolute Gasteiger partial charge is 0.494 e. The van der Waals surface area contributed by atoms with Gasteiger partial charge in [0.25, 0.3) is 0 Å². The van der Waals surface area contributed by atoms with E-state index in [0.717, 1.165) is 23.3 Å². The Morgan fingerprint density at radius 2 is 2.10 bits per heavy atom. The summed E-state index contributed by atoms with van der Waals surface area (Å²) in [5.41, 5.74) is 2.34. The average Bonchev–Trinajstić information content (AvgIpc) is 3.27. The van der Waals surface area contributed by atoms with Crippen LogP contribution in [0.5, 0.6) is 5.75 Å². The van der Waals surface area contributed by atoms with Gasteiger partial charge in [-0.05, 0) is 56.9 Å². The maximum absolute atomic E-state index is 11.3. The predicted molar refractivity (Wildman–Crippen MR) is 81.7 cm³/mol. The Kier molecular flexibility index (Phi) is 3.78. The van der Waals surface area contributed by atoms with Gasteiger partial charge in [-0.15, -0.1) is 0 Å². The summed E-state index contributed by atoms with van der Waals surface area (Å²) in [5.74, 6) is 1.54. The third-order valence-electron chi connectivity index (χ3n) is 4.05. The first kappa shape index (κ1) is 13.9. The number of hydrogen-bond acceptors (Lipinski definition) is 3. The number of aldehydes is 1. The Balaban J connectivity index is 1.90. The summed E-state index contributed by atoms with van der Waals surface area (Å²) in [4.78, 5) is 11.3. The Hall–Kier alpha value is -2.10. The highest BCUT2D eigenvalue weighted by Crippen LogP contribution is 2.39. The molecular weight excluding hydrogens is 264 g/mol. The van der Waals surface area contributed by atoms with Crippen LogP contribution in [0, 0.1) is 5.92 Å². The highest BCUT2D eigenvalue weighted by Gasteiger charge is 2.30. The molecule has 110 valence electrons. The van der Waals surface area contributed by atoms with E-state index >= 15 is 0 Å². The van der Waals surface area contributed by atoms with Gasteiger partial charge in [0.1, 0.15) is 11.4 Å². The summed E-state index contributed by atoms with van der Waals surface area (Å²) in [7, 11) is 0. The van der Waals surface area contributed by atoms with Gasteiger partial charge in [-0.3, -0.25) is 9.48 Å². The normalized spacial score (nSPS) is 15.7. The van der Waals surface area contributed by atoms with Crippen molar-refractivity contribution in [3.05, 3.63) is 36.0 Å². The number of hydrogen-bond donors (Lipinski definition) is 0. The van der Waals surface area contributed by atoms with Crippen LogP contribution < -0.4 is 4.74 Å². The van der Waals surface area contributed by atoms with Gasteiger partial charge in [-0.2, -0.15) is 5.10 Å². The van der Waals surface area contributed by atoms with Gasteiger partial charge in [-0.25, -0.2) is 0 Å². The zero-order valence-electron chi connectivity index (χ0n) is 12.5. The van der Waals surface area contributed by atoms with Gasteiger partial charge in [0.15, 0.2) is 6.29 Å². The van der Waals surface area contributed by atoms with Crippen molar-refractivity contribution in [3.63, 3.8) is 0 Å². The number of benzene rings is 1. The van der Waals surface area contributed by atoms with Gasteiger partial charge >= 0.3 is 0 Å². The monoisotopic (exact) mass is 284 g/mol. The number of carbonyl (C=O) groups excluding carboxylic acids is 1. The van der Waals surface area contributed by atoms with Crippen LogP contribution >= 0.6 is 0 Å². The van der Waals surface area contributed by atoms with Crippen molar-refractivity contribution in [2.24, 2.45) is 5.92 Å². The molecule has 1 aromatic carbocycles. The van der Waals surface area contributed by atoms with Crippen LogP contribution in [0.15, 0.2) is 30.5 Å². The standard InChI is InChI=1S/C17H20N2O2/c1-3-21-16-8-6-14(7-9-16)17-15(11-20)10-19(18-17)12(2)13-4-5-13/h6-13H,3-5H2,1-2H3. The molecule has 1 aromatic heterocycles. The molecule has 1 saturated carbocycles. The van der Waals surface area contributed by atoms with Crippen LogP contribution in [0.4, 0.5) is 0 Å². The minimum Gasteiger partial charge on any atom is -0.494 e. The Bertz CT molecular complexity index is 627. The van der Waals surface area contributed by atoms with E-state index in [1.165, 1.54) is 12.8 Å². The molecule has 0 bridgehead atoms. The average molecular weight is 284 g/mol. The summed E-state index contributed by atoms with van der Waals surface area (Å²) in [5, 5.41) is 4.63. The molecule has 21 heavy (non-hydrogen) atoms. The molecule has 4 heteroatoms. The fourth-order valence-corrected chi connectivity index (χ4v) is 2.60. The van der Waals surface area contributed by atoms with E-state index in [2.05, 4.69) is 12.0 Å². The highest BCUT2D eigenvalue weighted by molar-refractivity contribution is 5.85. The molecule has 0 radical (unpaired) electrons. The van der Waals surface area contributed by atoms with Crippen molar-refractivity contribution in [2.75, 3.05) is 6.61 Å². The molecule has 3 rings (SSSR count). The number of aromatic nitrogens is 2. The van der Waals surface area contributed by atoms with Gasteiger partial charge < -0.3 is 4.74 Å². The zero-order valence-corrected chi connectivity index (χ0v) is 12.5. The van der Waals surface area contributed by atoms with Crippen molar-refractivity contribution in [3.8, 4) is 17.0 Å². The summed E-state index contributed by atoms with van der Waals surface area (Å²) < 4.78 is 7.38. The van der Waals surface area contributed by atoms with Crippen molar-refractivity contribution in [2.45, 2.75) is 32.7 Å². The molecule has 1 atom stereocenters. The summed E-state index contributed by atoms with van der Waals surface area (Å²) in [6.07, 6.45) is 5.27. The third-order valence-corrected chi connectivity index (χ3v) is 4.05. The van der Waals surface area contributed by atoms with E-state index in [1.807, 2.05) is 42.1 Å². The second-order valence-electron chi connectivity index (χ2n) is 5.57. The lowest BCUT2D eigenvalue weighted by atomic mass is 10.1. The number of ether oxygens (including phenoxy) is 1. The zero-order chi connectivity index (χ0) is 14.8. The van der Waals surface area contributed by atoms with Gasteiger partial charge in [0, 0.05) is 11.8 Å². The van der Waals surface area contributed by atoms with Crippen LogP contribution in [0.1, 0.15) is 43.1 Å². The van der Waals surface area contributed by atoms with Crippen molar-refractivity contribution in [1.82, 2.24) is 9.78 Å². The highest BCUT2D eigenvalue weighted by atomic mass is 16.5. The Morgan fingerprint density at radius 3 is 2.67 bits per heavy atom. The first-order valence-electron chi connectivity index (χ1n) is 7.50. The summed E-state index contributed by atoms with van der Waals surface area (Å²) >= 11 is 0. The molecule has 1 fully saturated rings. The topological polar surface area (TPSA) is 44.1 Å². The minimum atomic E-state index is 0.361. The summed E-state index contributed by atoms with van der Waals surface area (Å²) in [6.45, 7) is 4.77. The fraction of sp³-hybridized carbons (Fsp3) is 0.412. The molecule has 0 spiro atoms. The van der Waals surface area contributed by atoms with Crippen molar-refractivity contribution < 1.29 is 9.53 Å². The van der Waals surface area contributed by atoms with Crippen LogP contribution in [-0.2, 0) is 0 Å². The molecule has 1 aliphatic rings. The van der Waals surface area contributed by atoms with Gasteiger partial charge in [-0.1, -0.05) is 0 Å². The summed E-state index contributed by atoms with van der Waals surface area (Å²) in [6, 6.07) is 8.09. The molecule has 1 heterocycles. The third kappa shape index (κ3) is 2.84. The van der Waals surface area contributed by atoms with Gasteiger partial charge in [0.2, 0.25) is 0 Å². The van der Waals surface area contributed by atoms with Crippen LogP contribution in [0.2, 0.25) is 0 Å². The molecule has 0 N–H and O–H groups in total. The molecule has 0 saturated heterocycles. The lowest BCUT2D eigenvalue weighted by Crippen LogP contribution is -2.07. The molecular formula is C17H20N2O2. The quantitative estimate of drug-likeness (QED) is 0.759. The van der Waals surface area contributed by atoms with Crippen molar-refractivity contribution in [1.29, 1.82) is 0 Å². The first-order chi connectivity index (χ1) is 10.2. The van der Waals surface area contributed by atoms with Crippen molar-refractivity contribution >= 4 is 6.29 Å². The van der Waals surface area contributed by atoms with E-state index in [-0.39, 0.29) is 0 Å². The molecule has 0 aliphatic heterocycles. The lowest BCUT2D eigenvalue weighted by Gasteiger charge is -2.10. The SMILES string of the molecule is CCOc1ccc(-c2nn(C(C)C3CC3)cc2C=O)cc1. The van der Waals surface area contributed by atoms with E-state index in [4.69, 9.17) is 4.74 Å². The van der Waals surface area contributed by atoms with E-state index in [9.17, 15) is 4.79 Å². The molecule has 1 aliphatic carbocycles. The van der Waals surface area contributed by atoms with Crippen LogP contribution in [0.25, 0.3) is 11.3 Å². The van der Waals surface area contributed by atoms with Gasteiger partial charge in [0.05, 0.1) is 18.2 Å². The Labute approximate surface area is 124 Å². The maximum Gasteiger partial charge on any atom is 0.153 e. The minimum absolute atomic E-state index is 0.361. The molecule has 2 aromatic rings. The second-order valence-corrected chi connectivity index (χ2v) is 5.57. The second kappa shape index (κ2) is 5.72. The fourth-order valence-electron chi connectivity index (χ4n) is 2.60. The number of nitrogens with zero attached hydrogens (tertiary/aromatic N) is 2. The predicted octanol–water partition coefficient (Wildman–Crippen LogP) is 3.73. The number of rotatable bonds is 6. The molecule has 1 unspecified atom stereocenters. The lowest BCUT2D eigenvalue weighted by molar-refractivity contribution is 0.112. The molecule has 0 amide bonds. The van der Waals surface area contributed by atoms with Crippen LogP contribution in [-0.4, -0.2) is 22.7 Å². The van der Waals surface area contributed by atoms with Crippen LogP contribution in [0.3, 0.4) is 0 Å². The van der Waals surface area contributed by atoms with E-state index < -0.39 is 0 Å².